The summed E-state index contributed by atoms with van der Waals surface area (Å²) in [6.07, 6.45) is 7.40. The van der Waals surface area contributed by atoms with Crippen molar-refractivity contribution in [2.24, 2.45) is 11.8 Å². The zero-order chi connectivity index (χ0) is 22.7. The molecule has 1 fully saturated rings. The average molecular weight is 497 g/mol. The number of rotatable bonds is 6. The molecule has 5 nitrogen and oxygen atoms in total. The van der Waals surface area contributed by atoms with Gasteiger partial charge in [-0.15, -0.1) is 0 Å². The van der Waals surface area contributed by atoms with Gasteiger partial charge in [0.05, 0.1) is 5.69 Å². The van der Waals surface area contributed by atoms with Crippen LogP contribution in [0, 0.1) is 11.8 Å². The zero-order valence-electron chi connectivity index (χ0n) is 18.4. The number of Topliss-reactive ketones (excluding diaryl/α,β-unsaturated/α-hetero) is 1. The van der Waals surface area contributed by atoms with Gasteiger partial charge >= 0.3 is 6.03 Å². The number of anilines is 2. The molecule has 1 aliphatic carbocycles. The monoisotopic (exact) mass is 496 g/mol. The molecular formula is C26H29BrN2O3. The second kappa shape index (κ2) is 9.99. The molecule has 2 aliphatic rings. The van der Waals surface area contributed by atoms with Crippen LogP contribution in [-0.4, -0.2) is 17.7 Å². The fraction of sp³-hybridized carbons (Fsp3) is 0.423. The van der Waals surface area contributed by atoms with Crippen molar-refractivity contribution in [2.75, 3.05) is 10.2 Å². The lowest BCUT2D eigenvalue weighted by molar-refractivity contribution is -0.131. The van der Waals surface area contributed by atoms with Crippen LogP contribution in [0.15, 0.2) is 53.0 Å². The van der Waals surface area contributed by atoms with E-state index >= 15 is 0 Å². The number of amides is 3. The fourth-order valence-electron chi connectivity index (χ4n) is 4.99. The maximum absolute atomic E-state index is 13.5. The zero-order valence-corrected chi connectivity index (χ0v) is 19.9. The molecule has 0 saturated heterocycles. The molecule has 6 heteroatoms. The molecule has 0 spiro atoms. The minimum atomic E-state index is -0.916. The Hall–Kier alpha value is -2.47. The molecule has 1 heterocycles. The quantitative estimate of drug-likeness (QED) is 0.453. The van der Waals surface area contributed by atoms with Crippen LogP contribution in [0.5, 0.6) is 0 Å². The lowest BCUT2D eigenvalue weighted by Gasteiger charge is -2.29. The van der Waals surface area contributed by atoms with Gasteiger partial charge in [0.15, 0.2) is 5.78 Å². The molecule has 1 unspecified atom stereocenters. The summed E-state index contributed by atoms with van der Waals surface area (Å²) in [5.74, 6) is -0.845. The fourth-order valence-corrected chi connectivity index (χ4v) is 5.37. The topological polar surface area (TPSA) is 66.5 Å². The van der Waals surface area contributed by atoms with Crippen LogP contribution in [0.2, 0.25) is 0 Å². The van der Waals surface area contributed by atoms with E-state index in [0.29, 0.717) is 22.9 Å². The van der Waals surface area contributed by atoms with Crippen LogP contribution >= 0.6 is 15.9 Å². The van der Waals surface area contributed by atoms with Crippen LogP contribution in [0.3, 0.4) is 0 Å². The van der Waals surface area contributed by atoms with Gasteiger partial charge in [0.1, 0.15) is 5.92 Å². The maximum atomic E-state index is 13.5. The van der Waals surface area contributed by atoms with Gasteiger partial charge in [-0.1, -0.05) is 60.3 Å². The first-order valence-electron chi connectivity index (χ1n) is 11.5. The highest BCUT2D eigenvalue weighted by Crippen LogP contribution is 2.43. The van der Waals surface area contributed by atoms with E-state index in [-0.39, 0.29) is 11.7 Å². The Morgan fingerprint density at radius 3 is 2.47 bits per heavy atom. The van der Waals surface area contributed by atoms with E-state index in [1.807, 2.05) is 18.2 Å². The number of nitrogens with one attached hydrogen (secondary N) is 1. The minimum absolute atomic E-state index is 0.0432. The molecule has 0 aromatic heterocycles. The van der Waals surface area contributed by atoms with Crippen LogP contribution in [0.25, 0.3) is 0 Å². The molecule has 0 radical (unpaired) electrons. The predicted octanol–water partition coefficient (Wildman–Crippen LogP) is 6.68. The Morgan fingerprint density at radius 2 is 1.78 bits per heavy atom. The van der Waals surface area contributed by atoms with Gasteiger partial charge < -0.3 is 5.32 Å². The van der Waals surface area contributed by atoms with E-state index in [4.69, 9.17) is 0 Å². The summed E-state index contributed by atoms with van der Waals surface area (Å²) < 4.78 is 0.787. The van der Waals surface area contributed by atoms with Gasteiger partial charge in [-0.3, -0.25) is 9.59 Å². The third kappa shape index (κ3) is 4.65. The number of nitrogens with zero attached hydrogens (tertiary/aromatic N) is 1. The highest BCUT2D eigenvalue weighted by molar-refractivity contribution is 9.10. The number of carbonyl (C=O) groups is 3. The van der Waals surface area contributed by atoms with Crippen LogP contribution in [-0.2, 0) is 9.59 Å². The summed E-state index contributed by atoms with van der Waals surface area (Å²) in [4.78, 5) is 41.1. The molecule has 1 saturated carbocycles. The molecule has 3 amide bonds. The Balaban J connectivity index is 1.54. The molecule has 168 valence electrons. The number of ketones is 1. The summed E-state index contributed by atoms with van der Waals surface area (Å²) in [5.41, 5.74) is 1.71. The number of halogens is 1. The SMILES string of the molecule is CCCCC1CCC(C(=O)C2C(=O)N(C(=O)Nc3ccccc3)c3ccc(Br)cc32)CC1. The number of hydrogen-bond donors (Lipinski definition) is 1. The third-order valence-corrected chi connectivity index (χ3v) is 7.23. The van der Waals surface area contributed by atoms with Gasteiger partial charge in [-0.2, -0.15) is 0 Å². The number of hydrogen-bond acceptors (Lipinski definition) is 3. The molecule has 1 N–H and O–H groups in total. The van der Waals surface area contributed by atoms with Crippen molar-refractivity contribution in [3.63, 3.8) is 0 Å². The second-order valence-electron chi connectivity index (χ2n) is 8.87. The minimum Gasteiger partial charge on any atom is -0.307 e. The lowest BCUT2D eigenvalue weighted by atomic mass is 9.75. The van der Waals surface area contributed by atoms with E-state index in [2.05, 4.69) is 28.2 Å². The number of benzene rings is 2. The number of para-hydroxylation sites is 1. The Bertz CT molecular complexity index is 999. The van der Waals surface area contributed by atoms with Crippen molar-refractivity contribution in [3.8, 4) is 0 Å². The summed E-state index contributed by atoms with van der Waals surface area (Å²) in [7, 11) is 0. The van der Waals surface area contributed by atoms with Gasteiger partial charge in [-0.25, -0.2) is 9.69 Å². The Labute approximate surface area is 197 Å². The highest BCUT2D eigenvalue weighted by atomic mass is 79.9. The van der Waals surface area contributed by atoms with Crippen LogP contribution < -0.4 is 10.2 Å². The molecule has 2 aromatic rings. The smallest absolute Gasteiger partial charge is 0.307 e. The average Bonchev–Trinajstić information content (AvgIpc) is 3.09. The van der Waals surface area contributed by atoms with Crippen LogP contribution in [0.1, 0.15) is 63.4 Å². The van der Waals surface area contributed by atoms with E-state index < -0.39 is 17.9 Å². The standard InChI is InChI=1S/C26H29BrN2O3/c1-2-3-7-17-10-12-18(13-11-17)24(30)23-21-16-19(27)14-15-22(21)29(25(23)31)26(32)28-20-8-5-4-6-9-20/h4-6,8-9,14-18,23H,2-3,7,10-13H2,1H3,(H,28,32). The van der Waals surface area contributed by atoms with E-state index in [0.717, 1.165) is 35.1 Å². The largest absolute Gasteiger partial charge is 0.333 e. The van der Waals surface area contributed by atoms with Crippen molar-refractivity contribution >= 4 is 45.0 Å². The normalized spacial score (nSPS) is 22.5. The highest BCUT2D eigenvalue weighted by Gasteiger charge is 2.46. The number of carbonyl (C=O) groups excluding carboxylic acids is 3. The van der Waals surface area contributed by atoms with Crippen molar-refractivity contribution < 1.29 is 14.4 Å². The van der Waals surface area contributed by atoms with Crippen molar-refractivity contribution in [1.29, 1.82) is 0 Å². The molecule has 32 heavy (non-hydrogen) atoms. The second-order valence-corrected chi connectivity index (χ2v) is 9.78. The Kier molecular flexibility index (Phi) is 7.09. The van der Waals surface area contributed by atoms with Crippen molar-refractivity contribution in [1.82, 2.24) is 0 Å². The van der Waals surface area contributed by atoms with Crippen LogP contribution in [0.4, 0.5) is 16.2 Å². The molecule has 1 aliphatic heterocycles. The number of imide groups is 1. The first kappa shape index (κ1) is 22.7. The van der Waals surface area contributed by atoms with Gasteiger partial charge in [0, 0.05) is 16.1 Å². The predicted molar refractivity (Wildman–Crippen MR) is 130 cm³/mol. The molecule has 4 rings (SSSR count). The van der Waals surface area contributed by atoms with Gasteiger partial charge in [0.2, 0.25) is 5.91 Å². The maximum Gasteiger partial charge on any atom is 0.333 e. The summed E-state index contributed by atoms with van der Waals surface area (Å²) in [5, 5.41) is 2.78. The summed E-state index contributed by atoms with van der Waals surface area (Å²) in [6.45, 7) is 2.20. The summed E-state index contributed by atoms with van der Waals surface area (Å²) >= 11 is 3.46. The summed E-state index contributed by atoms with van der Waals surface area (Å²) in [6, 6.07) is 13.8. The van der Waals surface area contributed by atoms with Gasteiger partial charge in [-0.05, 0) is 67.5 Å². The van der Waals surface area contributed by atoms with Gasteiger partial charge in [0.25, 0.3) is 0 Å². The van der Waals surface area contributed by atoms with Crippen molar-refractivity contribution in [2.45, 2.75) is 57.8 Å². The molecular weight excluding hydrogens is 468 g/mol. The molecule has 0 bridgehead atoms. The van der Waals surface area contributed by atoms with Crippen molar-refractivity contribution in [3.05, 3.63) is 58.6 Å². The number of fused-ring (bicyclic) bond motifs is 1. The lowest BCUT2D eigenvalue weighted by Crippen LogP contribution is -2.41. The number of urea groups is 1. The Morgan fingerprint density at radius 1 is 1.06 bits per heavy atom. The first-order valence-corrected chi connectivity index (χ1v) is 12.3. The first-order chi connectivity index (χ1) is 15.5. The molecule has 1 atom stereocenters. The van der Waals surface area contributed by atoms with E-state index in [9.17, 15) is 14.4 Å². The van der Waals surface area contributed by atoms with E-state index in [1.165, 1.54) is 19.3 Å². The van der Waals surface area contributed by atoms with E-state index in [1.54, 1.807) is 30.3 Å². The number of unbranched alkanes of at least 4 members (excludes halogenated alkanes) is 1. The third-order valence-electron chi connectivity index (χ3n) is 6.74. The molecule has 2 aromatic carbocycles.